The number of hydrogen-bond acceptors (Lipinski definition) is 5. The van der Waals surface area contributed by atoms with Gasteiger partial charge < -0.3 is 9.84 Å². The fourth-order valence-corrected chi connectivity index (χ4v) is 6.19. The number of ether oxygens (including phenoxy) is 1. The smallest absolute Gasteiger partial charge is 0.335 e. The number of hydrogen-bond donors (Lipinski definition) is 1. The lowest BCUT2D eigenvalue weighted by Crippen LogP contribution is -2.25. The van der Waals surface area contributed by atoms with Crippen molar-refractivity contribution in [3.05, 3.63) is 102 Å². The summed E-state index contributed by atoms with van der Waals surface area (Å²) >= 11 is 7.14. The number of nitrogens with zero attached hydrogens (tertiary/aromatic N) is 3. The molecule has 194 valence electrons. The number of halogens is 2. The normalized spacial score (nSPS) is 14.3. The maximum Gasteiger partial charge on any atom is 0.335 e. The van der Waals surface area contributed by atoms with E-state index in [4.69, 9.17) is 9.72 Å². The van der Waals surface area contributed by atoms with Crippen LogP contribution in [0.2, 0.25) is 0 Å². The fraction of sp³-hybridized carbons (Fsp3) is 0.241. The van der Waals surface area contributed by atoms with Crippen molar-refractivity contribution in [1.82, 2.24) is 9.66 Å². The Kier molecular flexibility index (Phi) is 8.04. The Hall–Kier alpha value is -3.30. The lowest BCUT2D eigenvalue weighted by molar-refractivity contribution is 0.0696. The minimum atomic E-state index is -0.981. The van der Waals surface area contributed by atoms with Gasteiger partial charge in [-0.05, 0) is 92.2 Å². The predicted octanol–water partition coefficient (Wildman–Crippen LogP) is 7.13. The van der Waals surface area contributed by atoms with Crippen LogP contribution >= 0.6 is 31.9 Å². The maximum absolute atomic E-state index is 13.4. The molecule has 0 spiro atoms. The highest BCUT2D eigenvalue weighted by atomic mass is 79.9. The molecule has 0 radical (unpaired) electrons. The van der Waals surface area contributed by atoms with Gasteiger partial charge in [0, 0.05) is 5.92 Å². The monoisotopic (exact) mass is 637 g/mol. The van der Waals surface area contributed by atoms with Crippen molar-refractivity contribution < 1.29 is 14.6 Å². The lowest BCUT2D eigenvalue weighted by Gasteiger charge is -2.22. The molecule has 1 heterocycles. The highest BCUT2D eigenvalue weighted by Gasteiger charge is 2.22. The molecule has 9 heteroatoms. The van der Waals surface area contributed by atoms with Gasteiger partial charge in [0.25, 0.3) is 5.56 Å². The molecule has 0 bridgehead atoms. The van der Waals surface area contributed by atoms with Crippen LogP contribution in [0.4, 0.5) is 0 Å². The Balaban J connectivity index is 1.43. The summed E-state index contributed by atoms with van der Waals surface area (Å²) in [6.45, 7) is 0.203. The zero-order valence-corrected chi connectivity index (χ0v) is 23.6. The third-order valence-corrected chi connectivity index (χ3v) is 7.83. The van der Waals surface area contributed by atoms with E-state index in [2.05, 4.69) is 37.0 Å². The van der Waals surface area contributed by atoms with Crippen LogP contribution in [0.1, 0.15) is 65.3 Å². The van der Waals surface area contributed by atoms with Gasteiger partial charge in [-0.2, -0.15) is 9.78 Å². The third-order valence-electron chi connectivity index (χ3n) is 6.65. The molecule has 4 aromatic rings. The molecule has 0 amide bonds. The number of carboxylic acids is 1. The minimum Gasteiger partial charge on any atom is -0.487 e. The van der Waals surface area contributed by atoms with Gasteiger partial charge in [0.2, 0.25) is 0 Å². The summed E-state index contributed by atoms with van der Waals surface area (Å²) in [6.07, 6.45) is 7.11. The molecular formula is C29H25Br2N3O4. The van der Waals surface area contributed by atoms with Gasteiger partial charge in [0.1, 0.15) is 18.2 Å². The first-order valence-corrected chi connectivity index (χ1v) is 14.0. The number of rotatable bonds is 7. The summed E-state index contributed by atoms with van der Waals surface area (Å²) in [5.41, 5.74) is 2.24. The molecule has 1 aliphatic carbocycles. The molecule has 1 aromatic heterocycles. The average Bonchev–Trinajstić information content (AvgIpc) is 2.92. The van der Waals surface area contributed by atoms with E-state index >= 15 is 0 Å². The van der Waals surface area contributed by atoms with E-state index in [1.54, 1.807) is 30.5 Å². The molecule has 0 atom stereocenters. The quantitative estimate of drug-likeness (QED) is 0.217. The number of aromatic carboxylic acids is 1. The molecule has 1 saturated carbocycles. The van der Waals surface area contributed by atoms with Gasteiger partial charge in [-0.3, -0.25) is 4.79 Å². The third kappa shape index (κ3) is 5.73. The highest BCUT2D eigenvalue weighted by molar-refractivity contribution is 9.11. The van der Waals surface area contributed by atoms with Crippen molar-refractivity contribution in [1.29, 1.82) is 0 Å². The Bertz CT molecular complexity index is 1570. The summed E-state index contributed by atoms with van der Waals surface area (Å²) in [5, 5.41) is 14.4. The summed E-state index contributed by atoms with van der Waals surface area (Å²) in [4.78, 5) is 29.5. The molecule has 0 saturated heterocycles. The molecule has 1 fully saturated rings. The van der Waals surface area contributed by atoms with Crippen molar-refractivity contribution >= 4 is 54.9 Å². The van der Waals surface area contributed by atoms with Gasteiger partial charge in [-0.1, -0.05) is 43.5 Å². The van der Waals surface area contributed by atoms with E-state index in [9.17, 15) is 14.7 Å². The molecule has 5 rings (SSSR count). The second-order valence-corrected chi connectivity index (χ2v) is 11.0. The van der Waals surface area contributed by atoms with Gasteiger partial charge in [0.15, 0.2) is 0 Å². The van der Waals surface area contributed by atoms with Crippen LogP contribution in [-0.4, -0.2) is 27.0 Å². The first-order chi connectivity index (χ1) is 18.4. The molecule has 7 nitrogen and oxygen atoms in total. The molecule has 38 heavy (non-hydrogen) atoms. The molecule has 1 N–H and O–H groups in total. The highest BCUT2D eigenvalue weighted by Crippen LogP contribution is 2.35. The number of fused-ring (bicyclic) bond motifs is 1. The van der Waals surface area contributed by atoms with Gasteiger partial charge in [-0.15, -0.1) is 0 Å². The number of carbonyl (C=O) groups is 1. The second-order valence-electron chi connectivity index (χ2n) is 9.29. The van der Waals surface area contributed by atoms with Crippen LogP contribution in [-0.2, 0) is 6.61 Å². The molecule has 3 aromatic carbocycles. The Morgan fingerprint density at radius 3 is 2.53 bits per heavy atom. The van der Waals surface area contributed by atoms with Gasteiger partial charge >= 0.3 is 5.97 Å². The van der Waals surface area contributed by atoms with Gasteiger partial charge in [0.05, 0.1) is 31.6 Å². The van der Waals surface area contributed by atoms with E-state index in [0.717, 1.165) is 36.8 Å². The van der Waals surface area contributed by atoms with Crippen LogP contribution in [0, 0.1) is 0 Å². The lowest BCUT2D eigenvalue weighted by atomic mass is 9.88. The van der Waals surface area contributed by atoms with Crippen molar-refractivity contribution in [2.24, 2.45) is 5.10 Å². The Morgan fingerprint density at radius 2 is 1.79 bits per heavy atom. The topological polar surface area (TPSA) is 93.8 Å². The zero-order valence-electron chi connectivity index (χ0n) is 20.4. The number of benzene rings is 3. The van der Waals surface area contributed by atoms with E-state index < -0.39 is 5.97 Å². The van der Waals surface area contributed by atoms with Crippen molar-refractivity contribution in [3.63, 3.8) is 0 Å². The first-order valence-electron chi connectivity index (χ1n) is 12.4. The minimum absolute atomic E-state index is 0.172. The van der Waals surface area contributed by atoms with Crippen molar-refractivity contribution in [2.75, 3.05) is 0 Å². The van der Waals surface area contributed by atoms with Crippen molar-refractivity contribution in [2.45, 2.75) is 44.6 Å². The van der Waals surface area contributed by atoms with E-state index in [1.807, 2.05) is 36.4 Å². The number of carboxylic acid groups (broad SMARTS) is 1. The van der Waals surface area contributed by atoms with Crippen molar-refractivity contribution in [3.8, 4) is 5.75 Å². The fourth-order valence-electron chi connectivity index (χ4n) is 4.74. The largest absolute Gasteiger partial charge is 0.487 e. The molecule has 1 aliphatic rings. The van der Waals surface area contributed by atoms with Gasteiger partial charge in [-0.25, -0.2) is 9.78 Å². The SMILES string of the molecule is O=C(O)c1cccc(COc2c(Br)cc(C=Nn3c(C4CCCCC4)nc4ccccc4c3=O)cc2Br)c1. The van der Waals surface area contributed by atoms with E-state index in [1.165, 1.54) is 11.1 Å². The summed E-state index contributed by atoms with van der Waals surface area (Å²) in [7, 11) is 0. The first kappa shape index (κ1) is 26.3. The maximum atomic E-state index is 13.4. The van der Waals surface area contributed by atoms with E-state index in [0.29, 0.717) is 31.4 Å². The Labute approximate surface area is 236 Å². The summed E-state index contributed by atoms with van der Waals surface area (Å²) in [6, 6.07) is 17.7. The number of aromatic nitrogens is 2. The predicted molar refractivity (Wildman–Crippen MR) is 154 cm³/mol. The van der Waals surface area contributed by atoms with Crippen LogP contribution in [0.15, 0.2) is 79.5 Å². The Morgan fingerprint density at radius 1 is 1.05 bits per heavy atom. The summed E-state index contributed by atoms with van der Waals surface area (Å²) < 4.78 is 8.82. The summed E-state index contributed by atoms with van der Waals surface area (Å²) in [5.74, 6) is 0.513. The second kappa shape index (κ2) is 11.6. The van der Waals surface area contributed by atoms with Crippen LogP contribution in [0.5, 0.6) is 5.75 Å². The van der Waals surface area contributed by atoms with E-state index in [-0.39, 0.29) is 23.6 Å². The molecule has 0 unspecified atom stereocenters. The standard InChI is InChI=1S/C29H25Br2N3O4/c30-23-14-19(15-24(31)26(23)38-17-18-7-6-10-21(13-18)29(36)37)16-32-34-27(20-8-2-1-3-9-20)33-25-12-5-4-11-22(25)28(34)35/h4-7,10-16,20H,1-3,8-9,17H2,(H,36,37). The van der Waals surface area contributed by atoms with Crippen LogP contribution < -0.4 is 10.3 Å². The molecular weight excluding hydrogens is 614 g/mol. The molecule has 0 aliphatic heterocycles. The average molecular weight is 639 g/mol. The van der Waals surface area contributed by atoms with Crippen LogP contribution in [0.25, 0.3) is 10.9 Å². The number of para-hydroxylation sites is 1. The zero-order chi connectivity index (χ0) is 26.6. The van der Waals surface area contributed by atoms with Crippen LogP contribution in [0.3, 0.4) is 0 Å².